The van der Waals surface area contributed by atoms with Gasteiger partial charge in [0.1, 0.15) is 0 Å². The normalized spacial score (nSPS) is 16.0. The van der Waals surface area contributed by atoms with Crippen LogP contribution in [0, 0.1) is 0 Å². The van der Waals surface area contributed by atoms with Gasteiger partial charge in [-0.15, -0.1) is 0 Å². The number of rotatable bonds is 4. The Bertz CT molecular complexity index is 646. The molecular formula is C19H23N3S. The Morgan fingerprint density at radius 3 is 2.52 bits per heavy atom. The van der Waals surface area contributed by atoms with E-state index < -0.39 is 0 Å². The summed E-state index contributed by atoms with van der Waals surface area (Å²) in [4.78, 5) is 4.28. The van der Waals surface area contributed by atoms with E-state index >= 15 is 0 Å². The summed E-state index contributed by atoms with van der Waals surface area (Å²) in [5, 5.41) is 7.56. The molecule has 2 N–H and O–H groups in total. The van der Waals surface area contributed by atoms with E-state index in [-0.39, 0.29) is 5.54 Å². The van der Waals surface area contributed by atoms with Gasteiger partial charge < -0.3 is 10.6 Å². The molecule has 0 radical (unpaired) electrons. The Labute approximate surface area is 143 Å². The van der Waals surface area contributed by atoms with Crippen LogP contribution >= 0.6 is 12.2 Å². The van der Waals surface area contributed by atoms with Crippen molar-refractivity contribution in [3.05, 3.63) is 59.9 Å². The van der Waals surface area contributed by atoms with Gasteiger partial charge in [0.25, 0.3) is 0 Å². The average molecular weight is 325 g/mol. The Morgan fingerprint density at radius 2 is 1.91 bits per heavy atom. The summed E-state index contributed by atoms with van der Waals surface area (Å²) in [5.74, 6) is 0. The molecule has 2 aromatic rings. The van der Waals surface area contributed by atoms with Crippen LogP contribution in [-0.4, -0.2) is 10.1 Å². The van der Waals surface area contributed by atoms with Crippen molar-refractivity contribution < 1.29 is 0 Å². The summed E-state index contributed by atoms with van der Waals surface area (Å²) < 4.78 is 0. The van der Waals surface area contributed by atoms with Gasteiger partial charge in [-0.1, -0.05) is 38.0 Å². The minimum atomic E-state index is -0.0816. The first-order valence-electron chi connectivity index (χ1n) is 8.30. The van der Waals surface area contributed by atoms with Gasteiger partial charge in [0, 0.05) is 18.1 Å². The predicted molar refractivity (Wildman–Crippen MR) is 99.6 cm³/mol. The summed E-state index contributed by atoms with van der Waals surface area (Å²) in [6, 6.07) is 12.6. The largest absolute Gasteiger partial charge is 0.353 e. The number of nitrogens with one attached hydrogen (secondary N) is 2. The lowest BCUT2D eigenvalue weighted by molar-refractivity contribution is 0.407. The molecule has 4 heteroatoms. The van der Waals surface area contributed by atoms with E-state index in [0.717, 1.165) is 24.9 Å². The van der Waals surface area contributed by atoms with E-state index in [9.17, 15) is 0 Å². The van der Waals surface area contributed by atoms with Crippen LogP contribution in [0.5, 0.6) is 0 Å². The average Bonchev–Trinajstić information content (AvgIpc) is 3.06. The molecule has 23 heavy (non-hydrogen) atoms. The zero-order valence-corrected chi connectivity index (χ0v) is 14.3. The Balaban J connectivity index is 1.71. The first-order chi connectivity index (χ1) is 11.2. The fourth-order valence-electron chi connectivity index (χ4n) is 3.31. The second-order valence-electron chi connectivity index (χ2n) is 6.16. The number of anilines is 1. The van der Waals surface area contributed by atoms with Crippen molar-refractivity contribution in [1.82, 2.24) is 10.3 Å². The van der Waals surface area contributed by atoms with Gasteiger partial charge in [0.15, 0.2) is 5.11 Å². The summed E-state index contributed by atoms with van der Waals surface area (Å²) in [6.07, 6.45) is 9.44. The van der Waals surface area contributed by atoms with E-state index in [1.807, 2.05) is 18.5 Å². The van der Waals surface area contributed by atoms with Crippen molar-refractivity contribution in [3.63, 3.8) is 0 Å². The highest BCUT2D eigenvalue weighted by Crippen LogP contribution is 2.38. The topological polar surface area (TPSA) is 37.0 Å². The number of aryl methyl sites for hydroxylation is 1. The Hall–Kier alpha value is -1.94. The number of pyridine rings is 1. The van der Waals surface area contributed by atoms with Crippen molar-refractivity contribution in [2.24, 2.45) is 0 Å². The van der Waals surface area contributed by atoms with Crippen molar-refractivity contribution in [1.29, 1.82) is 0 Å². The molecule has 1 aliphatic rings. The number of aromatic nitrogens is 1. The third kappa shape index (κ3) is 3.70. The molecule has 0 bridgehead atoms. The molecule has 0 spiro atoms. The lowest BCUT2D eigenvalue weighted by Gasteiger charge is -2.32. The standard InChI is InChI=1S/C19H23N3S/c1-2-15-7-9-17(10-8-15)21-18(23)22-19(11-3-4-12-19)16-6-5-13-20-14-16/h5-10,13-14H,2-4,11-12H2,1H3,(H2,21,22,23). The van der Waals surface area contributed by atoms with Gasteiger partial charge in [0.2, 0.25) is 0 Å². The van der Waals surface area contributed by atoms with Crippen LogP contribution in [0.4, 0.5) is 5.69 Å². The quantitative estimate of drug-likeness (QED) is 0.817. The maximum absolute atomic E-state index is 5.56. The molecule has 1 aromatic heterocycles. The molecule has 1 saturated carbocycles. The zero-order valence-electron chi connectivity index (χ0n) is 13.5. The molecule has 1 aliphatic carbocycles. The van der Waals surface area contributed by atoms with Crippen LogP contribution in [-0.2, 0) is 12.0 Å². The fraction of sp³-hybridized carbons (Fsp3) is 0.368. The molecule has 0 unspecified atom stereocenters. The second kappa shape index (κ2) is 7.09. The van der Waals surface area contributed by atoms with Gasteiger partial charge in [-0.2, -0.15) is 0 Å². The third-order valence-electron chi connectivity index (χ3n) is 4.64. The highest BCUT2D eigenvalue weighted by Gasteiger charge is 2.36. The highest BCUT2D eigenvalue weighted by molar-refractivity contribution is 7.80. The molecule has 0 amide bonds. The van der Waals surface area contributed by atoms with Crippen molar-refractivity contribution >= 4 is 23.0 Å². The molecule has 120 valence electrons. The molecular weight excluding hydrogens is 302 g/mol. The molecule has 0 atom stereocenters. The fourth-order valence-corrected chi connectivity index (χ4v) is 3.63. The Morgan fingerprint density at radius 1 is 1.17 bits per heavy atom. The molecule has 3 rings (SSSR count). The van der Waals surface area contributed by atoms with Crippen molar-refractivity contribution in [2.45, 2.75) is 44.6 Å². The number of benzene rings is 1. The number of thiocarbonyl (C=S) groups is 1. The van der Waals surface area contributed by atoms with Gasteiger partial charge >= 0.3 is 0 Å². The zero-order chi connectivity index (χ0) is 16.1. The van der Waals surface area contributed by atoms with E-state index in [4.69, 9.17) is 12.2 Å². The minimum absolute atomic E-state index is 0.0816. The SMILES string of the molecule is CCc1ccc(NC(=S)NC2(c3cccnc3)CCCC2)cc1. The van der Waals surface area contributed by atoms with Crippen molar-refractivity contribution in [3.8, 4) is 0 Å². The van der Waals surface area contributed by atoms with Gasteiger partial charge in [0.05, 0.1) is 5.54 Å². The predicted octanol–water partition coefficient (Wildman–Crippen LogP) is 4.40. The van der Waals surface area contributed by atoms with Crippen LogP contribution in [0.3, 0.4) is 0 Å². The van der Waals surface area contributed by atoms with Crippen LogP contribution in [0.1, 0.15) is 43.7 Å². The number of nitrogens with zero attached hydrogens (tertiary/aromatic N) is 1. The van der Waals surface area contributed by atoms with Crippen LogP contribution in [0.15, 0.2) is 48.8 Å². The summed E-state index contributed by atoms with van der Waals surface area (Å²) in [6.45, 7) is 2.16. The monoisotopic (exact) mass is 325 g/mol. The minimum Gasteiger partial charge on any atom is -0.353 e. The lowest BCUT2D eigenvalue weighted by Crippen LogP contribution is -2.45. The molecule has 0 saturated heterocycles. The molecule has 3 nitrogen and oxygen atoms in total. The van der Waals surface area contributed by atoms with Crippen LogP contribution < -0.4 is 10.6 Å². The summed E-state index contributed by atoms with van der Waals surface area (Å²) in [5.41, 5.74) is 3.50. The smallest absolute Gasteiger partial charge is 0.171 e. The van der Waals surface area contributed by atoms with Gasteiger partial charge in [-0.05, 0) is 60.8 Å². The number of hydrogen-bond acceptors (Lipinski definition) is 2. The highest BCUT2D eigenvalue weighted by atomic mass is 32.1. The third-order valence-corrected chi connectivity index (χ3v) is 4.85. The Kier molecular flexibility index (Phi) is 4.91. The van der Waals surface area contributed by atoms with Gasteiger partial charge in [-0.3, -0.25) is 4.98 Å². The van der Waals surface area contributed by atoms with E-state index in [1.165, 1.54) is 24.0 Å². The molecule has 1 fully saturated rings. The maximum atomic E-state index is 5.56. The van der Waals surface area contributed by atoms with Crippen molar-refractivity contribution in [2.75, 3.05) is 5.32 Å². The lowest BCUT2D eigenvalue weighted by atomic mass is 9.89. The summed E-state index contributed by atoms with van der Waals surface area (Å²) in [7, 11) is 0. The molecule has 1 aromatic carbocycles. The van der Waals surface area contributed by atoms with Crippen LogP contribution in [0.2, 0.25) is 0 Å². The van der Waals surface area contributed by atoms with E-state index in [1.54, 1.807) is 0 Å². The second-order valence-corrected chi connectivity index (χ2v) is 6.57. The molecule has 1 heterocycles. The van der Waals surface area contributed by atoms with Crippen LogP contribution in [0.25, 0.3) is 0 Å². The van der Waals surface area contributed by atoms with E-state index in [2.05, 4.69) is 52.9 Å². The first kappa shape index (κ1) is 15.9. The maximum Gasteiger partial charge on any atom is 0.171 e. The first-order valence-corrected chi connectivity index (χ1v) is 8.71. The number of hydrogen-bond donors (Lipinski definition) is 2. The molecule has 0 aliphatic heterocycles. The summed E-state index contributed by atoms with van der Waals surface area (Å²) >= 11 is 5.56. The van der Waals surface area contributed by atoms with E-state index in [0.29, 0.717) is 5.11 Å². The van der Waals surface area contributed by atoms with Gasteiger partial charge in [-0.25, -0.2) is 0 Å².